The predicted octanol–water partition coefficient (Wildman–Crippen LogP) is 0.607. The highest BCUT2D eigenvalue weighted by Crippen LogP contribution is 2.26. The molecule has 0 aromatic heterocycles. The van der Waals surface area contributed by atoms with Crippen molar-refractivity contribution >= 4 is 5.91 Å². The zero-order chi connectivity index (χ0) is 12.1. The Labute approximate surface area is 103 Å². The first kappa shape index (κ1) is 12.8. The van der Waals surface area contributed by atoms with Gasteiger partial charge in [-0.05, 0) is 44.7 Å². The fourth-order valence-electron chi connectivity index (χ4n) is 2.54. The van der Waals surface area contributed by atoms with E-state index in [9.17, 15) is 4.79 Å². The molecule has 0 bridgehead atoms. The number of aliphatic hydroxyl groups is 1. The van der Waals surface area contributed by atoms with Gasteiger partial charge in [-0.3, -0.25) is 4.79 Å². The second-order valence-electron chi connectivity index (χ2n) is 5.39. The number of likely N-dealkylation sites (tertiary alicyclic amines) is 1. The molecule has 2 fully saturated rings. The van der Waals surface area contributed by atoms with Crippen molar-refractivity contribution in [2.75, 3.05) is 32.8 Å². The molecule has 4 nitrogen and oxygen atoms in total. The van der Waals surface area contributed by atoms with Gasteiger partial charge in [0.2, 0.25) is 5.91 Å². The van der Waals surface area contributed by atoms with Crippen LogP contribution in [0.3, 0.4) is 0 Å². The second-order valence-corrected chi connectivity index (χ2v) is 5.39. The van der Waals surface area contributed by atoms with Crippen LogP contribution in [0.4, 0.5) is 0 Å². The maximum absolute atomic E-state index is 11.6. The van der Waals surface area contributed by atoms with Crippen LogP contribution < -0.4 is 5.32 Å². The van der Waals surface area contributed by atoms with Gasteiger partial charge in [-0.2, -0.15) is 0 Å². The highest BCUT2D eigenvalue weighted by molar-refractivity contribution is 5.79. The van der Waals surface area contributed by atoms with Crippen molar-refractivity contribution in [3.05, 3.63) is 0 Å². The second kappa shape index (κ2) is 6.36. The summed E-state index contributed by atoms with van der Waals surface area (Å²) in [5.74, 6) is 1.05. The maximum atomic E-state index is 11.6. The zero-order valence-corrected chi connectivity index (χ0v) is 10.5. The first-order valence-electron chi connectivity index (χ1n) is 6.90. The van der Waals surface area contributed by atoms with Gasteiger partial charge in [0, 0.05) is 25.6 Å². The van der Waals surface area contributed by atoms with Gasteiger partial charge in [0.05, 0.1) is 0 Å². The summed E-state index contributed by atoms with van der Waals surface area (Å²) in [6.45, 7) is 4.18. The number of nitrogens with one attached hydrogen (secondary N) is 1. The molecule has 1 saturated heterocycles. The minimum Gasteiger partial charge on any atom is -0.396 e. The predicted molar refractivity (Wildman–Crippen MR) is 66.6 cm³/mol. The summed E-state index contributed by atoms with van der Waals surface area (Å²) < 4.78 is 0. The molecule has 2 N–H and O–H groups in total. The molecule has 17 heavy (non-hydrogen) atoms. The summed E-state index contributed by atoms with van der Waals surface area (Å²) in [7, 11) is 0. The van der Waals surface area contributed by atoms with Crippen LogP contribution >= 0.6 is 0 Å². The molecule has 1 heterocycles. The van der Waals surface area contributed by atoms with E-state index in [0.29, 0.717) is 18.4 Å². The Bertz CT molecular complexity index is 246. The van der Waals surface area contributed by atoms with Crippen LogP contribution in [0.5, 0.6) is 0 Å². The van der Waals surface area contributed by atoms with E-state index in [1.807, 2.05) is 0 Å². The standard InChI is InChI=1S/C13H24N2O2/c16-10-11-4-7-15(8-5-11)9-6-14-13(17)12-2-1-3-12/h11-12,16H,1-10H2,(H,14,17). The highest BCUT2D eigenvalue weighted by Gasteiger charge is 2.25. The van der Waals surface area contributed by atoms with E-state index < -0.39 is 0 Å². The molecule has 0 aromatic carbocycles. The summed E-state index contributed by atoms with van der Waals surface area (Å²) in [4.78, 5) is 14.0. The number of nitrogens with zero attached hydrogens (tertiary/aromatic N) is 1. The summed E-state index contributed by atoms with van der Waals surface area (Å²) >= 11 is 0. The Morgan fingerprint density at radius 3 is 2.47 bits per heavy atom. The largest absolute Gasteiger partial charge is 0.396 e. The Morgan fingerprint density at radius 2 is 1.94 bits per heavy atom. The number of aliphatic hydroxyl groups excluding tert-OH is 1. The average Bonchev–Trinajstić information content (AvgIpc) is 2.27. The fraction of sp³-hybridized carbons (Fsp3) is 0.923. The summed E-state index contributed by atoms with van der Waals surface area (Å²) in [6, 6.07) is 0. The number of piperidine rings is 1. The monoisotopic (exact) mass is 240 g/mol. The molecule has 0 radical (unpaired) electrons. The molecule has 0 unspecified atom stereocenters. The van der Waals surface area contributed by atoms with Gasteiger partial charge in [0.15, 0.2) is 0 Å². The summed E-state index contributed by atoms with van der Waals surface area (Å²) in [6.07, 6.45) is 5.55. The molecule has 0 atom stereocenters. The zero-order valence-electron chi connectivity index (χ0n) is 10.5. The topological polar surface area (TPSA) is 52.6 Å². The highest BCUT2D eigenvalue weighted by atomic mass is 16.3. The minimum absolute atomic E-state index is 0.251. The van der Waals surface area contributed by atoms with Crippen LogP contribution in [0.2, 0.25) is 0 Å². The normalized spacial score (nSPS) is 23.4. The van der Waals surface area contributed by atoms with Crippen molar-refractivity contribution in [1.82, 2.24) is 10.2 Å². The van der Waals surface area contributed by atoms with Gasteiger partial charge in [-0.25, -0.2) is 0 Å². The van der Waals surface area contributed by atoms with Crippen molar-refractivity contribution in [2.24, 2.45) is 11.8 Å². The lowest BCUT2D eigenvalue weighted by Crippen LogP contribution is -2.42. The van der Waals surface area contributed by atoms with Crippen molar-refractivity contribution < 1.29 is 9.90 Å². The summed E-state index contributed by atoms with van der Waals surface area (Å²) in [5, 5.41) is 12.1. The molecule has 0 spiro atoms. The van der Waals surface area contributed by atoms with Crippen LogP contribution in [0.25, 0.3) is 0 Å². The molecule has 1 aliphatic carbocycles. The van der Waals surface area contributed by atoms with Gasteiger partial charge in [-0.15, -0.1) is 0 Å². The van der Waals surface area contributed by atoms with E-state index >= 15 is 0 Å². The van der Waals surface area contributed by atoms with Crippen LogP contribution in [0, 0.1) is 11.8 Å². The van der Waals surface area contributed by atoms with Crippen molar-refractivity contribution in [3.63, 3.8) is 0 Å². The quantitative estimate of drug-likeness (QED) is 0.740. The Morgan fingerprint density at radius 1 is 1.24 bits per heavy atom. The van der Waals surface area contributed by atoms with Gasteiger partial charge in [-0.1, -0.05) is 6.42 Å². The van der Waals surface area contributed by atoms with Gasteiger partial charge in [0.1, 0.15) is 0 Å². The molecule has 1 aliphatic heterocycles. The van der Waals surface area contributed by atoms with Crippen LogP contribution in [0.1, 0.15) is 32.1 Å². The third-order valence-corrected chi connectivity index (χ3v) is 4.17. The molecule has 98 valence electrons. The van der Waals surface area contributed by atoms with Crippen molar-refractivity contribution in [3.8, 4) is 0 Å². The molecular weight excluding hydrogens is 216 g/mol. The lowest BCUT2D eigenvalue weighted by atomic mass is 9.85. The minimum atomic E-state index is 0.251. The molecule has 2 rings (SSSR count). The van der Waals surface area contributed by atoms with Gasteiger partial charge < -0.3 is 15.3 Å². The lowest BCUT2D eigenvalue weighted by molar-refractivity contribution is -0.127. The fourth-order valence-corrected chi connectivity index (χ4v) is 2.54. The number of hydrogen-bond acceptors (Lipinski definition) is 3. The Hall–Kier alpha value is -0.610. The molecule has 1 saturated carbocycles. The van der Waals surface area contributed by atoms with Crippen molar-refractivity contribution in [2.45, 2.75) is 32.1 Å². The number of carbonyl (C=O) groups excluding carboxylic acids is 1. The van der Waals surface area contributed by atoms with E-state index in [1.165, 1.54) is 6.42 Å². The number of carbonyl (C=O) groups is 1. The SMILES string of the molecule is O=C(NCCN1CCC(CO)CC1)C1CCC1. The van der Waals surface area contributed by atoms with Gasteiger partial charge in [0.25, 0.3) is 0 Å². The lowest BCUT2D eigenvalue weighted by Gasteiger charge is -2.31. The molecule has 0 aromatic rings. The van der Waals surface area contributed by atoms with Gasteiger partial charge >= 0.3 is 0 Å². The average molecular weight is 240 g/mol. The van der Waals surface area contributed by atoms with E-state index in [0.717, 1.165) is 51.9 Å². The smallest absolute Gasteiger partial charge is 0.223 e. The van der Waals surface area contributed by atoms with E-state index in [1.54, 1.807) is 0 Å². The third kappa shape index (κ3) is 3.68. The molecular formula is C13H24N2O2. The Kier molecular flexibility index (Phi) is 4.80. The van der Waals surface area contributed by atoms with Crippen LogP contribution in [0.15, 0.2) is 0 Å². The van der Waals surface area contributed by atoms with E-state index in [2.05, 4.69) is 10.2 Å². The maximum Gasteiger partial charge on any atom is 0.223 e. The first-order chi connectivity index (χ1) is 8.29. The Balaban J connectivity index is 1.54. The molecule has 2 aliphatic rings. The first-order valence-corrected chi connectivity index (χ1v) is 6.90. The van der Waals surface area contributed by atoms with E-state index in [-0.39, 0.29) is 5.91 Å². The number of rotatable bonds is 5. The van der Waals surface area contributed by atoms with Crippen molar-refractivity contribution in [1.29, 1.82) is 0 Å². The summed E-state index contributed by atoms with van der Waals surface area (Å²) in [5.41, 5.74) is 0. The molecule has 1 amide bonds. The number of hydrogen-bond donors (Lipinski definition) is 2. The number of amides is 1. The van der Waals surface area contributed by atoms with E-state index in [4.69, 9.17) is 5.11 Å². The van der Waals surface area contributed by atoms with Crippen LogP contribution in [-0.4, -0.2) is 48.7 Å². The third-order valence-electron chi connectivity index (χ3n) is 4.17. The van der Waals surface area contributed by atoms with Crippen LogP contribution in [-0.2, 0) is 4.79 Å². The molecule has 4 heteroatoms.